The molecule has 0 saturated heterocycles. The van der Waals surface area contributed by atoms with Crippen LogP contribution in [0.25, 0.3) is 10.8 Å². The summed E-state index contributed by atoms with van der Waals surface area (Å²) >= 11 is 0. The third-order valence-corrected chi connectivity index (χ3v) is 9.36. The lowest BCUT2D eigenvalue weighted by molar-refractivity contribution is -0.281. The van der Waals surface area contributed by atoms with Crippen molar-refractivity contribution in [3.63, 3.8) is 0 Å². The first-order chi connectivity index (χ1) is 18.9. The summed E-state index contributed by atoms with van der Waals surface area (Å²) in [7, 11) is 1.43. The SMILES string of the molecule is COc1ccc([C@H](O)[C@@H](C(=O)O[C@H]2C[C@H]3C[C@H](C3(C)C)[C@@]2(C)OCc2cccc3ccccc23)C(F)(F)F)cc1. The molecule has 0 aliphatic heterocycles. The third kappa shape index (κ3) is 4.96. The lowest BCUT2D eigenvalue weighted by Gasteiger charge is -2.65. The van der Waals surface area contributed by atoms with Crippen LogP contribution < -0.4 is 4.74 Å². The summed E-state index contributed by atoms with van der Waals surface area (Å²) in [5.74, 6) is -3.64. The van der Waals surface area contributed by atoms with Gasteiger partial charge in [-0.05, 0) is 71.0 Å². The van der Waals surface area contributed by atoms with Gasteiger partial charge >= 0.3 is 12.1 Å². The van der Waals surface area contributed by atoms with Crippen molar-refractivity contribution in [2.45, 2.75) is 64.2 Å². The number of benzene rings is 3. The second-order valence-corrected chi connectivity index (χ2v) is 11.8. The molecule has 3 aromatic rings. The van der Waals surface area contributed by atoms with Crippen molar-refractivity contribution < 1.29 is 37.3 Å². The average molecular weight is 557 g/mol. The number of carbonyl (C=O) groups is 1. The summed E-state index contributed by atoms with van der Waals surface area (Å²) in [6.07, 6.45) is -6.79. The average Bonchev–Trinajstić information content (AvgIpc) is 2.92. The number of halogens is 3. The molecule has 0 amide bonds. The van der Waals surface area contributed by atoms with Crippen LogP contribution in [0.15, 0.2) is 66.7 Å². The molecule has 214 valence electrons. The van der Waals surface area contributed by atoms with Crippen molar-refractivity contribution in [3.05, 3.63) is 77.9 Å². The molecule has 0 spiro atoms. The van der Waals surface area contributed by atoms with Crippen LogP contribution in [0.5, 0.6) is 5.75 Å². The van der Waals surface area contributed by atoms with Crippen molar-refractivity contribution in [2.75, 3.05) is 7.11 Å². The summed E-state index contributed by atoms with van der Waals surface area (Å²) in [6.45, 7) is 6.34. The van der Waals surface area contributed by atoms with Crippen LogP contribution in [0, 0.1) is 23.2 Å². The Morgan fingerprint density at radius 2 is 1.68 bits per heavy atom. The van der Waals surface area contributed by atoms with Gasteiger partial charge in [0.25, 0.3) is 0 Å². The summed E-state index contributed by atoms with van der Waals surface area (Å²) in [6, 6.07) is 19.3. The summed E-state index contributed by atoms with van der Waals surface area (Å²) in [5.41, 5.74) is -0.219. The minimum Gasteiger partial charge on any atom is -0.497 e. The van der Waals surface area contributed by atoms with E-state index in [0.29, 0.717) is 12.2 Å². The van der Waals surface area contributed by atoms with Gasteiger partial charge in [0.15, 0.2) is 5.92 Å². The summed E-state index contributed by atoms with van der Waals surface area (Å²) in [4.78, 5) is 13.2. The molecule has 6 atom stereocenters. The van der Waals surface area contributed by atoms with Crippen LogP contribution in [0.1, 0.15) is 50.8 Å². The van der Waals surface area contributed by atoms with Crippen LogP contribution in [-0.4, -0.2) is 36.1 Å². The largest absolute Gasteiger partial charge is 0.497 e. The van der Waals surface area contributed by atoms with E-state index in [-0.39, 0.29) is 29.4 Å². The topological polar surface area (TPSA) is 65.0 Å². The normalized spacial score (nSPS) is 26.9. The summed E-state index contributed by atoms with van der Waals surface area (Å²) < 4.78 is 59.9. The molecule has 3 aliphatic carbocycles. The molecule has 5 nitrogen and oxygen atoms in total. The van der Waals surface area contributed by atoms with E-state index in [1.807, 2.05) is 49.4 Å². The zero-order valence-electron chi connectivity index (χ0n) is 23.1. The van der Waals surface area contributed by atoms with Gasteiger partial charge in [0.1, 0.15) is 23.6 Å². The molecule has 3 aliphatic rings. The van der Waals surface area contributed by atoms with E-state index in [1.54, 1.807) is 0 Å². The molecule has 40 heavy (non-hydrogen) atoms. The molecule has 0 radical (unpaired) electrons. The van der Waals surface area contributed by atoms with Crippen molar-refractivity contribution in [1.29, 1.82) is 0 Å². The van der Waals surface area contributed by atoms with Gasteiger partial charge < -0.3 is 19.3 Å². The Kier molecular flexibility index (Phi) is 7.38. The molecule has 0 unspecified atom stereocenters. The highest BCUT2D eigenvalue weighted by Crippen LogP contribution is 2.64. The highest BCUT2D eigenvalue weighted by molar-refractivity contribution is 5.85. The quantitative estimate of drug-likeness (QED) is 0.302. The molecule has 3 fully saturated rings. The number of hydrogen-bond acceptors (Lipinski definition) is 5. The second-order valence-electron chi connectivity index (χ2n) is 11.8. The van der Waals surface area contributed by atoms with E-state index < -0.39 is 35.9 Å². The highest BCUT2D eigenvalue weighted by atomic mass is 19.4. The van der Waals surface area contributed by atoms with Gasteiger partial charge in [0, 0.05) is 0 Å². The number of ether oxygens (including phenoxy) is 3. The number of fused-ring (bicyclic) bond motifs is 3. The highest BCUT2D eigenvalue weighted by Gasteiger charge is 2.66. The number of rotatable bonds is 8. The Hall–Kier alpha value is -3.10. The van der Waals surface area contributed by atoms with Crippen LogP contribution in [0.3, 0.4) is 0 Å². The molecule has 6 rings (SSSR count). The molecule has 3 saturated carbocycles. The molecule has 2 bridgehead atoms. The van der Waals surface area contributed by atoms with E-state index in [9.17, 15) is 23.1 Å². The first-order valence-corrected chi connectivity index (χ1v) is 13.6. The number of alkyl halides is 3. The Morgan fingerprint density at radius 3 is 2.33 bits per heavy atom. The Labute approximate surface area is 232 Å². The van der Waals surface area contributed by atoms with Gasteiger partial charge in [0.2, 0.25) is 0 Å². The smallest absolute Gasteiger partial charge is 0.405 e. The number of aliphatic hydroxyl groups is 1. The maximum absolute atomic E-state index is 14.2. The predicted octanol–water partition coefficient (Wildman–Crippen LogP) is 7.01. The zero-order valence-corrected chi connectivity index (χ0v) is 23.1. The zero-order chi connectivity index (χ0) is 28.9. The molecule has 8 heteroatoms. The Morgan fingerprint density at radius 1 is 1.00 bits per heavy atom. The fourth-order valence-corrected chi connectivity index (χ4v) is 6.76. The lowest BCUT2D eigenvalue weighted by Crippen LogP contribution is -2.68. The molecule has 0 heterocycles. The van der Waals surface area contributed by atoms with E-state index in [1.165, 1.54) is 31.4 Å². The van der Waals surface area contributed by atoms with Gasteiger partial charge in [-0.1, -0.05) is 68.4 Å². The fourth-order valence-electron chi connectivity index (χ4n) is 6.76. The molecular formula is C32H35F3O5. The van der Waals surface area contributed by atoms with E-state index in [2.05, 4.69) is 13.8 Å². The van der Waals surface area contributed by atoms with Crippen molar-refractivity contribution >= 4 is 16.7 Å². The molecule has 1 N–H and O–H groups in total. The van der Waals surface area contributed by atoms with Crippen LogP contribution in [-0.2, 0) is 20.9 Å². The number of carbonyl (C=O) groups excluding carboxylic acids is 1. The number of esters is 1. The Bertz CT molecular complexity index is 1360. The number of methoxy groups -OCH3 is 1. The first kappa shape index (κ1) is 28.4. The number of hydrogen-bond donors (Lipinski definition) is 1. The van der Waals surface area contributed by atoms with Crippen molar-refractivity contribution in [2.24, 2.45) is 23.2 Å². The van der Waals surface area contributed by atoms with Crippen molar-refractivity contribution in [3.8, 4) is 5.75 Å². The fraction of sp³-hybridized carbons (Fsp3) is 0.469. The molecule has 0 aromatic heterocycles. The maximum atomic E-state index is 14.2. The minimum absolute atomic E-state index is 0.0117. The van der Waals surface area contributed by atoms with E-state index in [4.69, 9.17) is 14.2 Å². The minimum atomic E-state index is -5.02. The van der Waals surface area contributed by atoms with Crippen LogP contribution in [0.2, 0.25) is 0 Å². The van der Waals surface area contributed by atoms with Crippen LogP contribution >= 0.6 is 0 Å². The first-order valence-electron chi connectivity index (χ1n) is 13.6. The lowest BCUT2D eigenvalue weighted by atomic mass is 9.43. The second kappa shape index (κ2) is 10.4. The van der Waals surface area contributed by atoms with Gasteiger partial charge in [0.05, 0.1) is 13.7 Å². The van der Waals surface area contributed by atoms with Gasteiger partial charge in [-0.25, -0.2) is 0 Å². The number of aliphatic hydroxyl groups excluding tert-OH is 1. The van der Waals surface area contributed by atoms with Gasteiger partial charge in [-0.2, -0.15) is 13.2 Å². The third-order valence-electron chi connectivity index (χ3n) is 9.36. The molecule has 3 aromatic carbocycles. The molecular weight excluding hydrogens is 521 g/mol. The van der Waals surface area contributed by atoms with Gasteiger partial charge in [-0.15, -0.1) is 0 Å². The van der Waals surface area contributed by atoms with Crippen LogP contribution in [0.4, 0.5) is 13.2 Å². The predicted molar refractivity (Wildman–Crippen MR) is 145 cm³/mol. The standard InChI is InChI=1S/C32H35F3O5/c1-30(2)22-16-25(30)31(3,39-18-21-10-7-9-19-8-5-6-11-24(19)21)26(17-22)40-29(37)27(32(33,34)35)28(36)20-12-14-23(38-4)15-13-20/h5-15,22,25-28,36H,16-18H2,1-4H3/t22-,25-,26+,27+,28+,31-/m1/s1. The monoisotopic (exact) mass is 556 g/mol. The van der Waals surface area contributed by atoms with E-state index in [0.717, 1.165) is 22.8 Å². The van der Waals surface area contributed by atoms with E-state index >= 15 is 0 Å². The Balaban J connectivity index is 1.40. The van der Waals surface area contributed by atoms with Gasteiger partial charge in [-0.3, -0.25) is 4.79 Å². The van der Waals surface area contributed by atoms with Crippen molar-refractivity contribution in [1.82, 2.24) is 0 Å². The maximum Gasteiger partial charge on any atom is 0.405 e. The summed E-state index contributed by atoms with van der Waals surface area (Å²) in [5, 5.41) is 12.8.